The quantitative estimate of drug-likeness (QED) is 0.735. The van der Waals surface area contributed by atoms with E-state index in [0.29, 0.717) is 12.0 Å². The highest BCUT2D eigenvalue weighted by Gasteiger charge is 2.51. The van der Waals surface area contributed by atoms with E-state index in [-0.39, 0.29) is 11.9 Å². The van der Waals surface area contributed by atoms with Crippen molar-refractivity contribution in [1.29, 1.82) is 0 Å². The fourth-order valence-corrected chi connectivity index (χ4v) is 3.60. The lowest BCUT2D eigenvalue weighted by molar-refractivity contribution is -0.126. The summed E-state index contributed by atoms with van der Waals surface area (Å²) in [6.07, 6.45) is 7.41. The standard InChI is InChI=1S/C15H29N3O/c1-11(2)17-15(14(16)19,12-8-9-12)10-18(3)13-6-4-5-7-13/h11-13,17H,4-10H2,1-3H3,(H2,16,19). The van der Waals surface area contributed by atoms with Crippen LogP contribution in [0.15, 0.2) is 0 Å². The molecule has 2 aliphatic rings. The van der Waals surface area contributed by atoms with E-state index in [1.165, 1.54) is 25.7 Å². The number of nitrogens with zero attached hydrogens (tertiary/aromatic N) is 1. The number of hydrogen-bond donors (Lipinski definition) is 2. The molecule has 0 aromatic heterocycles. The van der Waals surface area contributed by atoms with Gasteiger partial charge in [-0.1, -0.05) is 12.8 Å². The number of carbonyl (C=O) groups excluding carboxylic acids is 1. The molecule has 0 spiro atoms. The second kappa shape index (κ2) is 5.80. The Labute approximate surface area is 117 Å². The topological polar surface area (TPSA) is 58.4 Å². The summed E-state index contributed by atoms with van der Waals surface area (Å²) in [5.74, 6) is 0.254. The van der Waals surface area contributed by atoms with Crippen molar-refractivity contribution in [2.24, 2.45) is 11.7 Å². The molecule has 4 heteroatoms. The molecular weight excluding hydrogens is 238 g/mol. The Morgan fingerprint density at radius 2 is 1.89 bits per heavy atom. The van der Waals surface area contributed by atoms with Crippen LogP contribution in [-0.2, 0) is 4.79 Å². The monoisotopic (exact) mass is 267 g/mol. The summed E-state index contributed by atoms with van der Waals surface area (Å²) in [4.78, 5) is 14.5. The number of primary amides is 1. The maximum absolute atomic E-state index is 12.1. The van der Waals surface area contributed by atoms with Crippen LogP contribution in [0.3, 0.4) is 0 Å². The fourth-order valence-electron chi connectivity index (χ4n) is 3.60. The summed E-state index contributed by atoms with van der Waals surface area (Å²) in [5.41, 5.74) is 5.26. The smallest absolute Gasteiger partial charge is 0.239 e. The Morgan fingerprint density at radius 1 is 1.32 bits per heavy atom. The minimum Gasteiger partial charge on any atom is -0.368 e. The zero-order chi connectivity index (χ0) is 14.0. The molecule has 2 fully saturated rings. The van der Waals surface area contributed by atoms with Crippen LogP contribution in [0, 0.1) is 5.92 Å². The molecule has 0 heterocycles. The van der Waals surface area contributed by atoms with Gasteiger partial charge in [0.15, 0.2) is 0 Å². The van der Waals surface area contributed by atoms with E-state index in [0.717, 1.165) is 19.4 Å². The van der Waals surface area contributed by atoms with Crippen LogP contribution in [-0.4, -0.2) is 42.0 Å². The molecule has 0 aromatic rings. The van der Waals surface area contributed by atoms with Crippen molar-refractivity contribution in [1.82, 2.24) is 10.2 Å². The summed E-state index contributed by atoms with van der Waals surface area (Å²) < 4.78 is 0. The molecule has 3 N–H and O–H groups in total. The lowest BCUT2D eigenvalue weighted by Crippen LogP contribution is -2.65. The van der Waals surface area contributed by atoms with E-state index in [9.17, 15) is 4.79 Å². The SMILES string of the molecule is CC(C)NC(CN(C)C1CCCC1)(C(N)=O)C1CC1. The third-order valence-corrected chi connectivity index (χ3v) is 4.71. The normalized spacial score (nSPS) is 24.1. The van der Waals surface area contributed by atoms with Gasteiger partial charge in [-0.05, 0) is 52.5 Å². The van der Waals surface area contributed by atoms with Crippen molar-refractivity contribution in [3.63, 3.8) is 0 Å². The number of nitrogens with two attached hydrogens (primary N) is 1. The highest BCUT2D eigenvalue weighted by atomic mass is 16.1. The molecule has 0 bridgehead atoms. The highest BCUT2D eigenvalue weighted by molar-refractivity contribution is 5.86. The number of rotatable bonds is 7. The van der Waals surface area contributed by atoms with E-state index in [4.69, 9.17) is 5.73 Å². The lowest BCUT2D eigenvalue weighted by Gasteiger charge is -2.39. The Hall–Kier alpha value is -0.610. The summed E-state index contributed by atoms with van der Waals surface area (Å²) in [7, 11) is 2.15. The maximum Gasteiger partial charge on any atom is 0.239 e. The summed E-state index contributed by atoms with van der Waals surface area (Å²) in [5, 5.41) is 3.49. The van der Waals surface area contributed by atoms with E-state index in [2.05, 4.69) is 31.1 Å². The van der Waals surface area contributed by atoms with Gasteiger partial charge in [0.1, 0.15) is 5.54 Å². The maximum atomic E-state index is 12.1. The van der Waals surface area contributed by atoms with E-state index in [1.54, 1.807) is 0 Å². The highest BCUT2D eigenvalue weighted by Crippen LogP contribution is 2.41. The number of nitrogens with one attached hydrogen (secondary N) is 1. The van der Waals surface area contributed by atoms with Crippen molar-refractivity contribution in [3.05, 3.63) is 0 Å². The van der Waals surface area contributed by atoms with Gasteiger partial charge in [-0.15, -0.1) is 0 Å². The van der Waals surface area contributed by atoms with Crippen LogP contribution in [0.2, 0.25) is 0 Å². The molecule has 1 atom stereocenters. The van der Waals surface area contributed by atoms with Crippen LogP contribution < -0.4 is 11.1 Å². The minimum absolute atomic E-state index is 0.173. The zero-order valence-electron chi connectivity index (χ0n) is 12.6. The van der Waals surface area contributed by atoms with Crippen molar-refractivity contribution < 1.29 is 4.79 Å². The number of carbonyl (C=O) groups is 1. The molecule has 2 rings (SSSR count). The van der Waals surface area contributed by atoms with Gasteiger partial charge in [0.25, 0.3) is 0 Å². The third-order valence-electron chi connectivity index (χ3n) is 4.71. The van der Waals surface area contributed by atoms with Gasteiger partial charge < -0.3 is 10.6 Å². The largest absolute Gasteiger partial charge is 0.368 e. The molecular formula is C15H29N3O. The molecule has 0 aromatic carbocycles. The van der Waals surface area contributed by atoms with Gasteiger partial charge in [-0.25, -0.2) is 0 Å². The first-order valence-electron chi connectivity index (χ1n) is 7.73. The predicted molar refractivity (Wildman–Crippen MR) is 77.8 cm³/mol. The van der Waals surface area contributed by atoms with Crippen molar-refractivity contribution in [2.45, 2.75) is 70.0 Å². The van der Waals surface area contributed by atoms with Crippen LogP contribution in [0.1, 0.15) is 52.4 Å². The number of amides is 1. The fraction of sp³-hybridized carbons (Fsp3) is 0.933. The minimum atomic E-state index is -0.522. The van der Waals surface area contributed by atoms with Crippen LogP contribution in [0.5, 0.6) is 0 Å². The molecule has 0 radical (unpaired) electrons. The molecule has 110 valence electrons. The number of likely N-dealkylation sites (N-methyl/N-ethyl adjacent to an activating group) is 1. The summed E-state index contributed by atoms with van der Waals surface area (Å²) >= 11 is 0. The average Bonchev–Trinajstić information content (AvgIpc) is 3.02. The van der Waals surface area contributed by atoms with Gasteiger partial charge in [0.2, 0.25) is 5.91 Å². The Balaban J connectivity index is 2.09. The Kier molecular flexibility index (Phi) is 4.51. The first-order valence-corrected chi connectivity index (χ1v) is 7.73. The van der Waals surface area contributed by atoms with Crippen LogP contribution in [0.4, 0.5) is 0 Å². The average molecular weight is 267 g/mol. The molecule has 1 amide bonds. The Bertz CT molecular complexity index is 321. The van der Waals surface area contributed by atoms with Crippen molar-refractivity contribution in [2.75, 3.05) is 13.6 Å². The summed E-state index contributed by atoms with van der Waals surface area (Å²) in [6, 6.07) is 0.913. The molecule has 2 aliphatic carbocycles. The first kappa shape index (κ1) is 14.8. The third kappa shape index (κ3) is 3.29. The molecule has 1 unspecified atom stereocenters. The van der Waals surface area contributed by atoms with Crippen molar-refractivity contribution >= 4 is 5.91 Å². The molecule has 4 nitrogen and oxygen atoms in total. The number of hydrogen-bond acceptors (Lipinski definition) is 3. The van der Waals surface area contributed by atoms with E-state index in [1.807, 2.05) is 0 Å². The molecule has 19 heavy (non-hydrogen) atoms. The molecule has 0 aliphatic heterocycles. The van der Waals surface area contributed by atoms with Gasteiger partial charge in [-0.2, -0.15) is 0 Å². The van der Waals surface area contributed by atoms with Crippen LogP contribution in [0.25, 0.3) is 0 Å². The van der Waals surface area contributed by atoms with Crippen molar-refractivity contribution in [3.8, 4) is 0 Å². The second-order valence-electron chi connectivity index (χ2n) is 6.76. The predicted octanol–water partition coefficient (Wildman–Crippen LogP) is 1.49. The van der Waals surface area contributed by atoms with Gasteiger partial charge in [-0.3, -0.25) is 10.1 Å². The molecule has 2 saturated carbocycles. The first-order chi connectivity index (χ1) is 8.95. The molecule has 0 saturated heterocycles. The lowest BCUT2D eigenvalue weighted by atomic mass is 9.90. The second-order valence-corrected chi connectivity index (χ2v) is 6.76. The van der Waals surface area contributed by atoms with E-state index >= 15 is 0 Å². The summed E-state index contributed by atoms with van der Waals surface area (Å²) in [6.45, 7) is 4.95. The van der Waals surface area contributed by atoms with E-state index < -0.39 is 5.54 Å². The van der Waals surface area contributed by atoms with Crippen LogP contribution >= 0.6 is 0 Å². The Morgan fingerprint density at radius 3 is 2.32 bits per heavy atom. The van der Waals surface area contributed by atoms with Gasteiger partial charge in [0, 0.05) is 18.6 Å². The van der Waals surface area contributed by atoms with Gasteiger partial charge >= 0.3 is 0 Å². The van der Waals surface area contributed by atoms with Gasteiger partial charge in [0.05, 0.1) is 0 Å². The zero-order valence-corrected chi connectivity index (χ0v) is 12.6.